The van der Waals surface area contributed by atoms with Crippen molar-refractivity contribution in [2.75, 3.05) is 26.2 Å². The first-order valence-corrected chi connectivity index (χ1v) is 7.42. The maximum absolute atomic E-state index is 5.19. The minimum Gasteiger partial charge on any atom is -0.405 e. The number of likely N-dealkylation sites (tertiary alicyclic amines) is 1. The summed E-state index contributed by atoms with van der Waals surface area (Å²) in [5, 5.41) is 0. The molecule has 1 heterocycles. The van der Waals surface area contributed by atoms with Crippen LogP contribution < -0.4 is 5.73 Å². The van der Waals surface area contributed by atoms with Crippen molar-refractivity contribution in [3.05, 3.63) is 12.3 Å². The van der Waals surface area contributed by atoms with Gasteiger partial charge in [-0.05, 0) is 44.1 Å². The molecular formula is C15H33N3. The van der Waals surface area contributed by atoms with E-state index in [1.54, 1.807) is 12.3 Å². The highest BCUT2D eigenvalue weighted by Gasteiger charge is 2.14. The second-order valence-electron chi connectivity index (χ2n) is 3.96. The minimum atomic E-state index is 0.888. The van der Waals surface area contributed by atoms with Gasteiger partial charge in [0, 0.05) is 12.8 Å². The van der Waals surface area contributed by atoms with E-state index in [-0.39, 0.29) is 0 Å². The highest BCUT2D eigenvalue weighted by Crippen LogP contribution is 2.15. The topological polar surface area (TPSA) is 41.6 Å². The number of nitrogens with two attached hydrogens (primary N) is 1. The van der Waals surface area contributed by atoms with E-state index in [2.05, 4.69) is 16.8 Å². The lowest BCUT2D eigenvalue weighted by molar-refractivity contribution is 0.197. The molecule has 0 unspecified atom stereocenters. The Hall–Kier alpha value is -0.830. The van der Waals surface area contributed by atoms with Crippen LogP contribution in [0.15, 0.2) is 17.3 Å². The van der Waals surface area contributed by atoms with Crippen LogP contribution in [0.1, 0.15) is 47.5 Å². The Morgan fingerprint density at radius 3 is 2.22 bits per heavy atom. The first kappa shape index (κ1) is 19.5. The maximum atomic E-state index is 5.19. The molecule has 0 amide bonds. The lowest BCUT2D eigenvalue weighted by Crippen LogP contribution is -2.34. The van der Waals surface area contributed by atoms with Crippen molar-refractivity contribution >= 4 is 6.21 Å². The molecular weight excluding hydrogens is 222 g/mol. The lowest BCUT2D eigenvalue weighted by atomic mass is 9.99. The van der Waals surface area contributed by atoms with E-state index in [4.69, 9.17) is 5.73 Å². The number of hydrogen-bond donors (Lipinski definition) is 1. The lowest BCUT2D eigenvalue weighted by Gasteiger charge is -2.29. The second-order valence-corrected chi connectivity index (χ2v) is 3.96. The number of hydrogen-bond acceptors (Lipinski definition) is 3. The largest absolute Gasteiger partial charge is 0.405 e. The van der Waals surface area contributed by atoms with E-state index in [0.29, 0.717) is 0 Å². The molecule has 3 heteroatoms. The SMILES string of the molecule is CC.CC.CC1CCN(CCN=C/C=C\N)CC1. The molecule has 0 spiro atoms. The van der Waals surface area contributed by atoms with Crippen LogP contribution in [0, 0.1) is 5.92 Å². The summed E-state index contributed by atoms with van der Waals surface area (Å²) in [7, 11) is 0. The normalized spacial score (nSPS) is 17.2. The summed E-state index contributed by atoms with van der Waals surface area (Å²) in [6.45, 7) is 14.8. The van der Waals surface area contributed by atoms with E-state index in [1.165, 1.54) is 32.1 Å². The fourth-order valence-corrected chi connectivity index (χ4v) is 1.67. The van der Waals surface area contributed by atoms with Gasteiger partial charge in [-0.25, -0.2) is 0 Å². The average molecular weight is 255 g/mol. The van der Waals surface area contributed by atoms with Crippen molar-refractivity contribution in [2.45, 2.75) is 47.5 Å². The van der Waals surface area contributed by atoms with E-state index in [0.717, 1.165) is 19.0 Å². The zero-order valence-electron chi connectivity index (χ0n) is 13.0. The van der Waals surface area contributed by atoms with Crippen LogP contribution in [0.3, 0.4) is 0 Å². The summed E-state index contributed by atoms with van der Waals surface area (Å²) < 4.78 is 0. The van der Waals surface area contributed by atoms with Crippen LogP contribution in [0.4, 0.5) is 0 Å². The molecule has 1 aliphatic rings. The maximum Gasteiger partial charge on any atom is 0.0516 e. The number of piperidine rings is 1. The predicted octanol–water partition coefficient (Wildman–Crippen LogP) is 3.31. The predicted molar refractivity (Wildman–Crippen MR) is 84.2 cm³/mol. The minimum absolute atomic E-state index is 0.888. The van der Waals surface area contributed by atoms with Gasteiger partial charge >= 0.3 is 0 Å². The fourth-order valence-electron chi connectivity index (χ4n) is 1.67. The highest BCUT2D eigenvalue weighted by atomic mass is 15.1. The highest BCUT2D eigenvalue weighted by molar-refractivity contribution is 5.70. The van der Waals surface area contributed by atoms with E-state index >= 15 is 0 Å². The summed E-state index contributed by atoms with van der Waals surface area (Å²) in [5.41, 5.74) is 5.19. The number of nitrogens with zero attached hydrogens (tertiary/aromatic N) is 2. The zero-order chi connectivity index (χ0) is 14.2. The van der Waals surface area contributed by atoms with Crippen LogP contribution in [0.5, 0.6) is 0 Å². The van der Waals surface area contributed by atoms with Crippen LogP contribution in [0.25, 0.3) is 0 Å². The van der Waals surface area contributed by atoms with Gasteiger partial charge < -0.3 is 10.6 Å². The molecule has 18 heavy (non-hydrogen) atoms. The molecule has 1 saturated heterocycles. The number of aliphatic imine (C=N–C) groups is 1. The van der Waals surface area contributed by atoms with Crippen molar-refractivity contribution in [3.8, 4) is 0 Å². The van der Waals surface area contributed by atoms with Crippen molar-refractivity contribution < 1.29 is 0 Å². The smallest absolute Gasteiger partial charge is 0.0516 e. The standard InChI is InChI=1S/C11H21N3.2C2H6/c1-11-3-8-14(9-4-11)10-7-13-6-2-5-12;2*1-2/h2,5-6,11H,3-4,7-10,12H2,1H3;2*1-2H3/b5-2-,13-6?;;. The van der Waals surface area contributed by atoms with Gasteiger partial charge in [0.05, 0.1) is 6.54 Å². The molecule has 0 saturated carbocycles. The van der Waals surface area contributed by atoms with Crippen LogP contribution in [-0.4, -0.2) is 37.3 Å². The molecule has 0 aromatic rings. The van der Waals surface area contributed by atoms with Crippen LogP contribution in [0.2, 0.25) is 0 Å². The monoisotopic (exact) mass is 255 g/mol. The summed E-state index contributed by atoms with van der Waals surface area (Å²) in [6, 6.07) is 0. The summed E-state index contributed by atoms with van der Waals surface area (Å²) in [4.78, 5) is 6.73. The van der Waals surface area contributed by atoms with Gasteiger partial charge in [-0.15, -0.1) is 0 Å². The molecule has 108 valence electrons. The third-order valence-electron chi connectivity index (χ3n) is 2.72. The Balaban J connectivity index is 0. The van der Waals surface area contributed by atoms with Gasteiger partial charge in [0.2, 0.25) is 0 Å². The molecule has 3 nitrogen and oxygen atoms in total. The molecule has 0 aromatic heterocycles. The molecule has 1 fully saturated rings. The van der Waals surface area contributed by atoms with E-state index < -0.39 is 0 Å². The molecule has 1 aliphatic heterocycles. The summed E-state index contributed by atoms with van der Waals surface area (Å²) in [6.07, 6.45) is 7.72. The van der Waals surface area contributed by atoms with Gasteiger partial charge in [-0.2, -0.15) is 0 Å². The van der Waals surface area contributed by atoms with Crippen LogP contribution >= 0.6 is 0 Å². The summed E-state index contributed by atoms with van der Waals surface area (Å²) >= 11 is 0. The van der Waals surface area contributed by atoms with Crippen molar-refractivity contribution in [2.24, 2.45) is 16.6 Å². The molecule has 0 aromatic carbocycles. The molecule has 0 atom stereocenters. The number of rotatable bonds is 4. The van der Waals surface area contributed by atoms with Gasteiger partial charge in [0.1, 0.15) is 0 Å². The third-order valence-corrected chi connectivity index (χ3v) is 2.72. The van der Waals surface area contributed by atoms with E-state index in [9.17, 15) is 0 Å². The Bertz CT molecular complexity index is 192. The van der Waals surface area contributed by atoms with Gasteiger partial charge in [0.25, 0.3) is 0 Å². The van der Waals surface area contributed by atoms with Crippen molar-refractivity contribution in [1.82, 2.24) is 4.90 Å². The quantitative estimate of drug-likeness (QED) is 0.783. The van der Waals surface area contributed by atoms with Crippen molar-refractivity contribution in [1.29, 1.82) is 0 Å². The third kappa shape index (κ3) is 11.6. The van der Waals surface area contributed by atoms with Gasteiger partial charge in [0.15, 0.2) is 0 Å². The molecule has 2 N–H and O–H groups in total. The Labute approximate surface area is 114 Å². The molecule has 0 radical (unpaired) electrons. The van der Waals surface area contributed by atoms with Crippen LogP contribution in [-0.2, 0) is 0 Å². The first-order chi connectivity index (χ1) is 8.83. The van der Waals surface area contributed by atoms with Gasteiger partial charge in [-0.3, -0.25) is 4.99 Å². The Morgan fingerprint density at radius 2 is 1.72 bits per heavy atom. The molecule has 0 aliphatic carbocycles. The fraction of sp³-hybridized carbons (Fsp3) is 0.800. The Morgan fingerprint density at radius 1 is 1.17 bits per heavy atom. The first-order valence-electron chi connectivity index (χ1n) is 7.42. The zero-order valence-corrected chi connectivity index (χ0v) is 13.0. The second kappa shape index (κ2) is 16.2. The van der Waals surface area contributed by atoms with Gasteiger partial charge in [-0.1, -0.05) is 34.6 Å². The van der Waals surface area contributed by atoms with E-state index in [1.807, 2.05) is 27.7 Å². The number of allylic oxidation sites excluding steroid dienone is 1. The summed E-state index contributed by atoms with van der Waals surface area (Å²) in [5.74, 6) is 0.912. The molecule has 0 bridgehead atoms. The molecule has 1 rings (SSSR count). The average Bonchev–Trinajstić information content (AvgIpc) is 2.45. The van der Waals surface area contributed by atoms with Crippen molar-refractivity contribution in [3.63, 3.8) is 0 Å². The Kier molecular flexibility index (Phi) is 17.5.